The van der Waals surface area contributed by atoms with Gasteiger partial charge >= 0.3 is 0 Å². The molecule has 40 heavy (non-hydrogen) atoms. The first-order valence-corrected chi connectivity index (χ1v) is 13.3. The number of aliphatic imine (C=N–C) groups is 1. The van der Waals surface area contributed by atoms with Gasteiger partial charge in [0.15, 0.2) is 0 Å². The van der Waals surface area contributed by atoms with E-state index in [0.29, 0.717) is 42.2 Å². The molecule has 2 aromatic rings. The highest BCUT2D eigenvalue weighted by Gasteiger charge is 2.41. The Kier molecular flexibility index (Phi) is 7.91. The van der Waals surface area contributed by atoms with Crippen LogP contribution in [0.1, 0.15) is 36.9 Å². The van der Waals surface area contributed by atoms with Crippen LogP contribution in [0, 0.1) is 11.6 Å². The standard InChI is InChI=1S/C29H29ClF2N4O4/c1-16-24(28(37)35-12-11-18(15-35)25-21(32)13-19(30)14-33-25)29(38)36(26-22(39-2)5-4-6-23(26)40-3)27(34-16)17-7-9-20(31)10-8-17/h4-5,7-10,13-14,16,18,23,38H,6,11-12,15H2,1-3H3. The number of amidine groups is 1. The number of halogens is 3. The molecule has 2 aliphatic heterocycles. The van der Waals surface area contributed by atoms with Crippen LogP contribution in [0.15, 0.2) is 76.6 Å². The zero-order valence-corrected chi connectivity index (χ0v) is 23.0. The van der Waals surface area contributed by atoms with Crippen LogP contribution in [0.3, 0.4) is 0 Å². The number of amides is 1. The van der Waals surface area contributed by atoms with E-state index < -0.39 is 29.7 Å². The van der Waals surface area contributed by atoms with Crippen LogP contribution in [-0.2, 0) is 14.3 Å². The Labute approximate surface area is 235 Å². The molecule has 1 aromatic heterocycles. The number of ether oxygens (including phenoxy) is 2. The normalized spacial score (nSPS) is 23.1. The summed E-state index contributed by atoms with van der Waals surface area (Å²) in [5.41, 5.74) is 1.31. The highest BCUT2D eigenvalue weighted by atomic mass is 35.5. The van der Waals surface area contributed by atoms with Crippen molar-refractivity contribution in [2.75, 3.05) is 27.3 Å². The third kappa shape index (κ3) is 5.09. The molecule has 1 fully saturated rings. The highest BCUT2D eigenvalue weighted by molar-refractivity contribution is 6.30. The van der Waals surface area contributed by atoms with Crippen molar-refractivity contribution >= 4 is 23.3 Å². The average Bonchev–Trinajstić information content (AvgIpc) is 3.43. The smallest absolute Gasteiger partial charge is 0.257 e. The summed E-state index contributed by atoms with van der Waals surface area (Å²) in [6.07, 6.45) is 5.51. The van der Waals surface area contributed by atoms with E-state index in [1.54, 1.807) is 37.1 Å². The molecule has 0 saturated carbocycles. The van der Waals surface area contributed by atoms with Crippen LogP contribution in [0.4, 0.5) is 8.78 Å². The molecular formula is C29H29ClF2N4O4. The summed E-state index contributed by atoms with van der Waals surface area (Å²) in [7, 11) is 3.04. The van der Waals surface area contributed by atoms with Crippen LogP contribution in [0.5, 0.6) is 0 Å². The number of carbonyl (C=O) groups excluding carboxylic acids is 1. The van der Waals surface area contributed by atoms with Crippen molar-refractivity contribution < 1.29 is 28.2 Å². The molecule has 1 N–H and O–H groups in total. The molecule has 1 amide bonds. The van der Waals surface area contributed by atoms with Gasteiger partial charge in [-0.05, 0) is 56.2 Å². The Hall–Kier alpha value is -3.76. The fourth-order valence-electron chi connectivity index (χ4n) is 5.37. The molecule has 11 heteroatoms. The monoisotopic (exact) mass is 570 g/mol. The first-order chi connectivity index (χ1) is 19.2. The minimum atomic E-state index is -0.736. The van der Waals surface area contributed by atoms with E-state index in [4.69, 9.17) is 26.1 Å². The van der Waals surface area contributed by atoms with Crippen molar-refractivity contribution in [3.63, 3.8) is 0 Å². The number of pyridine rings is 1. The Morgan fingerprint density at radius 1 is 1.20 bits per heavy atom. The summed E-state index contributed by atoms with van der Waals surface area (Å²) in [5, 5.41) is 12.0. The third-order valence-corrected chi connectivity index (χ3v) is 7.56. The lowest BCUT2D eigenvalue weighted by Gasteiger charge is -2.38. The molecule has 1 saturated heterocycles. The second-order valence-corrected chi connectivity index (χ2v) is 10.2. The van der Waals surface area contributed by atoms with Crippen LogP contribution in [-0.4, -0.2) is 71.1 Å². The second-order valence-electron chi connectivity index (χ2n) is 9.78. The lowest BCUT2D eigenvalue weighted by molar-refractivity contribution is -0.126. The first-order valence-electron chi connectivity index (χ1n) is 12.9. The maximum Gasteiger partial charge on any atom is 0.257 e. The fraction of sp³-hybridized carbons (Fsp3) is 0.345. The molecule has 1 aliphatic carbocycles. The number of likely N-dealkylation sites (tertiary alicyclic amines) is 1. The van der Waals surface area contributed by atoms with E-state index in [0.717, 1.165) is 0 Å². The van der Waals surface area contributed by atoms with Gasteiger partial charge in [0.2, 0.25) is 5.88 Å². The number of aromatic nitrogens is 1. The Bertz CT molecular complexity index is 1440. The van der Waals surface area contributed by atoms with Gasteiger partial charge in [0.05, 0.1) is 29.6 Å². The van der Waals surface area contributed by atoms with Gasteiger partial charge in [0, 0.05) is 37.9 Å². The molecule has 0 bridgehead atoms. The maximum atomic E-state index is 14.6. The van der Waals surface area contributed by atoms with Crippen LogP contribution in [0.25, 0.3) is 0 Å². The molecule has 3 unspecified atom stereocenters. The van der Waals surface area contributed by atoms with Crippen LogP contribution >= 0.6 is 11.6 Å². The second kappa shape index (κ2) is 11.4. The van der Waals surface area contributed by atoms with Crippen molar-refractivity contribution in [1.29, 1.82) is 0 Å². The molecule has 3 heterocycles. The first kappa shape index (κ1) is 27.8. The summed E-state index contributed by atoms with van der Waals surface area (Å²) in [5.74, 6) is -1.27. The SMILES string of the molecule is COC1=C(N2C(c3ccc(F)cc3)=NC(C)C(C(=O)N3CCC(c4ncc(Cl)cc4F)C3)=C2O)C(OC)CC=C1. The van der Waals surface area contributed by atoms with E-state index >= 15 is 0 Å². The number of nitrogens with zero attached hydrogens (tertiary/aromatic N) is 4. The molecule has 8 nitrogen and oxygen atoms in total. The fourth-order valence-corrected chi connectivity index (χ4v) is 5.52. The minimum absolute atomic E-state index is 0.0726. The number of allylic oxidation sites excluding steroid dienone is 1. The summed E-state index contributed by atoms with van der Waals surface area (Å²) in [4.78, 5) is 25.9. The summed E-state index contributed by atoms with van der Waals surface area (Å²) >= 11 is 5.86. The molecule has 3 aliphatic rings. The van der Waals surface area contributed by atoms with E-state index in [1.807, 2.05) is 6.08 Å². The predicted molar refractivity (Wildman–Crippen MR) is 146 cm³/mol. The minimum Gasteiger partial charge on any atom is -0.495 e. The number of aliphatic hydroxyl groups excluding tert-OH is 1. The molecule has 3 atom stereocenters. The van der Waals surface area contributed by atoms with Gasteiger partial charge in [-0.1, -0.05) is 17.7 Å². The van der Waals surface area contributed by atoms with Crippen molar-refractivity contribution in [3.05, 3.63) is 99.5 Å². The van der Waals surface area contributed by atoms with Gasteiger partial charge in [0.25, 0.3) is 5.91 Å². The topological polar surface area (TPSA) is 87.5 Å². The molecule has 0 radical (unpaired) electrons. The van der Waals surface area contributed by atoms with Crippen molar-refractivity contribution in [1.82, 2.24) is 14.8 Å². The lowest BCUT2D eigenvalue weighted by Crippen LogP contribution is -2.45. The Balaban J connectivity index is 1.55. The van der Waals surface area contributed by atoms with Gasteiger partial charge in [-0.3, -0.25) is 19.7 Å². The third-order valence-electron chi connectivity index (χ3n) is 7.35. The number of benzene rings is 1. The zero-order chi connectivity index (χ0) is 28.6. The lowest BCUT2D eigenvalue weighted by atomic mass is 9.99. The van der Waals surface area contributed by atoms with Crippen LogP contribution < -0.4 is 0 Å². The quantitative estimate of drug-likeness (QED) is 0.521. The van der Waals surface area contributed by atoms with Gasteiger partial charge in [-0.15, -0.1) is 0 Å². The maximum absolute atomic E-state index is 14.6. The van der Waals surface area contributed by atoms with E-state index in [-0.39, 0.29) is 34.6 Å². The average molecular weight is 571 g/mol. The van der Waals surface area contributed by atoms with Crippen LogP contribution in [0.2, 0.25) is 5.02 Å². The van der Waals surface area contributed by atoms with Gasteiger partial charge in [-0.2, -0.15) is 0 Å². The Morgan fingerprint density at radius 2 is 1.95 bits per heavy atom. The van der Waals surface area contributed by atoms with Crippen molar-refractivity contribution in [2.45, 2.75) is 37.8 Å². The summed E-state index contributed by atoms with van der Waals surface area (Å²) in [6.45, 7) is 2.27. The van der Waals surface area contributed by atoms with Gasteiger partial charge in [0.1, 0.15) is 34.9 Å². The number of rotatable bonds is 6. The number of carbonyl (C=O) groups is 1. The molecule has 1 aromatic carbocycles. The summed E-state index contributed by atoms with van der Waals surface area (Å²) in [6, 6.07) is 6.19. The van der Waals surface area contributed by atoms with Crippen molar-refractivity contribution in [3.8, 4) is 0 Å². The van der Waals surface area contributed by atoms with E-state index in [9.17, 15) is 18.7 Å². The molecule has 0 spiro atoms. The molecule has 210 valence electrons. The van der Waals surface area contributed by atoms with Gasteiger partial charge in [-0.25, -0.2) is 8.78 Å². The molecular weight excluding hydrogens is 542 g/mol. The highest BCUT2D eigenvalue weighted by Crippen LogP contribution is 2.36. The van der Waals surface area contributed by atoms with E-state index in [1.165, 1.54) is 36.4 Å². The zero-order valence-electron chi connectivity index (χ0n) is 22.3. The number of aliphatic hydroxyl groups is 1. The largest absolute Gasteiger partial charge is 0.495 e. The number of hydrogen-bond acceptors (Lipinski definition) is 7. The number of methoxy groups -OCH3 is 2. The van der Waals surface area contributed by atoms with Crippen molar-refractivity contribution in [2.24, 2.45) is 4.99 Å². The summed E-state index contributed by atoms with van der Waals surface area (Å²) < 4.78 is 39.7. The predicted octanol–water partition coefficient (Wildman–Crippen LogP) is 5.08. The number of hydrogen-bond donors (Lipinski definition) is 1. The molecule has 5 rings (SSSR count). The van der Waals surface area contributed by atoms with Gasteiger partial charge < -0.3 is 19.5 Å². The van der Waals surface area contributed by atoms with E-state index in [2.05, 4.69) is 4.98 Å². The Morgan fingerprint density at radius 3 is 2.62 bits per heavy atom.